The minimum absolute atomic E-state index is 0.185. The first-order valence-corrected chi connectivity index (χ1v) is 10.9. The second-order valence-electron chi connectivity index (χ2n) is 7.40. The summed E-state index contributed by atoms with van der Waals surface area (Å²) in [6.07, 6.45) is 0. The average Bonchev–Trinajstić information content (AvgIpc) is 2.79. The van der Waals surface area contributed by atoms with Crippen LogP contribution in [0.15, 0.2) is 53.7 Å². The van der Waals surface area contributed by atoms with Crippen molar-refractivity contribution in [2.75, 3.05) is 25.6 Å². The first-order chi connectivity index (χ1) is 15.8. The predicted molar refractivity (Wildman–Crippen MR) is 129 cm³/mol. The highest BCUT2D eigenvalue weighted by molar-refractivity contribution is 7.80. The van der Waals surface area contributed by atoms with Gasteiger partial charge in [0, 0.05) is 11.4 Å². The van der Waals surface area contributed by atoms with Crippen LogP contribution in [0.2, 0.25) is 0 Å². The second kappa shape index (κ2) is 10.8. The van der Waals surface area contributed by atoms with Crippen LogP contribution in [0.4, 0.5) is 5.69 Å². The summed E-state index contributed by atoms with van der Waals surface area (Å²) in [4.78, 5) is 24.7. The van der Waals surface area contributed by atoms with Crippen molar-refractivity contribution in [1.29, 1.82) is 0 Å². The van der Waals surface area contributed by atoms with E-state index in [1.54, 1.807) is 25.1 Å². The molecule has 9 heteroatoms. The predicted octanol–water partition coefficient (Wildman–Crippen LogP) is 3.38. The van der Waals surface area contributed by atoms with Gasteiger partial charge in [0.25, 0.3) is 5.91 Å². The SMILES string of the molecule is CCOc1cc(C2NC(=S)NC(C)=C2C(=O)OC)ccc1OCC(=O)Nc1ccc(C)cc1. The molecule has 1 atom stereocenters. The molecule has 0 spiro atoms. The van der Waals surface area contributed by atoms with E-state index in [9.17, 15) is 9.59 Å². The molecule has 1 aliphatic heterocycles. The van der Waals surface area contributed by atoms with Gasteiger partial charge in [-0.2, -0.15) is 0 Å². The Morgan fingerprint density at radius 2 is 1.79 bits per heavy atom. The van der Waals surface area contributed by atoms with Crippen LogP contribution in [0.5, 0.6) is 11.5 Å². The van der Waals surface area contributed by atoms with E-state index in [4.69, 9.17) is 26.4 Å². The molecule has 1 heterocycles. The van der Waals surface area contributed by atoms with Crippen molar-refractivity contribution in [3.05, 3.63) is 64.9 Å². The summed E-state index contributed by atoms with van der Waals surface area (Å²) in [5.74, 6) is 0.107. The number of carbonyl (C=O) groups excluding carboxylic acids is 2. The Balaban J connectivity index is 1.79. The van der Waals surface area contributed by atoms with Crippen molar-refractivity contribution in [2.24, 2.45) is 0 Å². The first-order valence-electron chi connectivity index (χ1n) is 10.4. The second-order valence-corrected chi connectivity index (χ2v) is 7.81. The zero-order chi connectivity index (χ0) is 24.0. The lowest BCUT2D eigenvalue weighted by molar-refractivity contribution is -0.136. The Labute approximate surface area is 198 Å². The molecule has 33 heavy (non-hydrogen) atoms. The van der Waals surface area contributed by atoms with Crippen molar-refractivity contribution < 1.29 is 23.8 Å². The third-order valence-electron chi connectivity index (χ3n) is 4.97. The molecule has 8 nitrogen and oxygen atoms in total. The standard InChI is InChI=1S/C24H27N3O5S/c1-5-31-19-12-16(22-21(23(29)30-4)15(3)25-24(33)27-22)8-11-18(19)32-13-20(28)26-17-9-6-14(2)7-10-17/h6-12,22H,5,13H2,1-4H3,(H,26,28)(H2,25,27,33). The molecule has 0 aliphatic carbocycles. The molecule has 174 valence electrons. The van der Waals surface area contributed by atoms with E-state index in [0.717, 1.165) is 11.1 Å². The zero-order valence-electron chi connectivity index (χ0n) is 19.0. The van der Waals surface area contributed by atoms with Gasteiger partial charge in [-0.05, 0) is 62.8 Å². The van der Waals surface area contributed by atoms with Gasteiger partial charge in [0.1, 0.15) is 0 Å². The summed E-state index contributed by atoms with van der Waals surface area (Å²) < 4.78 is 16.4. The van der Waals surface area contributed by atoms with Crippen LogP contribution in [0, 0.1) is 6.92 Å². The molecule has 1 aliphatic rings. The highest BCUT2D eigenvalue weighted by atomic mass is 32.1. The van der Waals surface area contributed by atoms with E-state index in [0.29, 0.717) is 40.2 Å². The number of anilines is 1. The highest BCUT2D eigenvalue weighted by Gasteiger charge is 2.31. The van der Waals surface area contributed by atoms with E-state index < -0.39 is 12.0 Å². The van der Waals surface area contributed by atoms with E-state index >= 15 is 0 Å². The number of carbonyl (C=O) groups is 2. The average molecular weight is 470 g/mol. The van der Waals surface area contributed by atoms with Gasteiger partial charge in [0.2, 0.25) is 0 Å². The molecule has 1 amide bonds. The zero-order valence-corrected chi connectivity index (χ0v) is 19.8. The molecule has 1 unspecified atom stereocenters. The molecule has 0 bridgehead atoms. The Hall–Kier alpha value is -3.59. The van der Waals surface area contributed by atoms with E-state index in [1.165, 1.54) is 7.11 Å². The van der Waals surface area contributed by atoms with Crippen molar-refractivity contribution in [3.63, 3.8) is 0 Å². The summed E-state index contributed by atoms with van der Waals surface area (Å²) in [7, 11) is 1.33. The molecule has 2 aromatic rings. The maximum atomic E-state index is 12.4. The number of methoxy groups -OCH3 is 1. The lowest BCUT2D eigenvalue weighted by Crippen LogP contribution is -2.45. The van der Waals surface area contributed by atoms with Crippen LogP contribution in [0.1, 0.15) is 31.0 Å². The van der Waals surface area contributed by atoms with E-state index in [2.05, 4.69) is 16.0 Å². The Kier molecular flexibility index (Phi) is 7.89. The summed E-state index contributed by atoms with van der Waals surface area (Å²) in [6, 6.07) is 12.2. The van der Waals surface area contributed by atoms with Crippen LogP contribution in [-0.2, 0) is 14.3 Å². The quantitative estimate of drug-likeness (QED) is 0.400. The normalized spacial score (nSPS) is 15.3. The fraction of sp³-hybridized carbons (Fsp3) is 0.292. The third kappa shape index (κ3) is 6.01. The number of benzene rings is 2. The molecule has 3 rings (SSSR count). The van der Waals surface area contributed by atoms with Crippen molar-refractivity contribution in [2.45, 2.75) is 26.8 Å². The number of amides is 1. The molecular weight excluding hydrogens is 442 g/mol. The third-order valence-corrected chi connectivity index (χ3v) is 5.19. The number of ether oxygens (including phenoxy) is 3. The number of hydrogen-bond donors (Lipinski definition) is 3. The van der Waals surface area contributed by atoms with Crippen LogP contribution in [0.3, 0.4) is 0 Å². The molecule has 0 aromatic heterocycles. The van der Waals surface area contributed by atoms with Crippen LogP contribution in [0.25, 0.3) is 0 Å². The smallest absolute Gasteiger partial charge is 0.337 e. The monoisotopic (exact) mass is 469 g/mol. The van der Waals surface area contributed by atoms with Gasteiger partial charge in [-0.3, -0.25) is 4.79 Å². The molecule has 0 saturated carbocycles. The van der Waals surface area contributed by atoms with Gasteiger partial charge >= 0.3 is 5.97 Å². The van der Waals surface area contributed by atoms with Gasteiger partial charge in [0.05, 0.1) is 25.3 Å². The minimum Gasteiger partial charge on any atom is -0.490 e. The van der Waals surface area contributed by atoms with Crippen LogP contribution in [-0.4, -0.2) is 37.3 Å². The van der Waals surface area contributed by atoms with Crippen LogP contribution >= 0.6 is 12.2 Å². The number of thiocarbonyl (C=S) groups is 1. The molecule has 0 fully saturated rings. The Bertz CT molecular complexity index is 1080. The topological polar surface area (TPSA) is 97.9 Å². The Morgan fingerprint density at radius 3 is 2.45 bits per heavy atom. The lowest BCUT2D eigenvalue weighted by Gasteiger charge is -2.30. The fourth-order valence-corrected chi connectivity index (χ4v) is 3.66. The van der Waals surface area contributed by atoms with Crippen molar-refractivity contribution in [1.82, 2.24) is 10.6 Å². The van der Waals surface area contributed by atoms with Gasteiger partial charge in [-0.25, -0.2) is 4.79 Å². The van der Waals surface area contributed by atoms with Gasteiger partial charge in [-0.15, -0.1) is 0 Å². The van der Waals surface area contributed by atoms with E-state index in [1.807, 2.05) is 38.1 Å². The number of aryl methyl sites for hydroxylation is 1. The van der Waals surface area contributed by atoms with Crippen LogP contribution < -0.4 is 25.4 Å². The number of esters is 1. The summed E-state index contributed by atoms with van der Waals surface area (Å²) >= 11 is 5.27. The molecular formula is C24H27N3O5S. The largest absolute Gasteiger partial charge is 0.490 e. The Morgan fingerprint density at radius 1 is 1.06 bits per heavy atom. The summed E-state index contributed by atoms with van der Waals surface area (Å²) in [5, 5.41) is 9.24. The number of allylic oxidation sites excluding steroid dienone is 1. The molecule has 2 aromatic carbocycles. The van der Waals surface area contributed by atoms with Gasteiger partial charge < -0.3 is 30.2 Å². The number of hydrogen-bond acceptors (Lipinski definition) is 6. The molecule has 3 N–H and O–H groups in total. The maximum Gasteiger partial charge on any atom is 0.337 e. The van der Waals surface area contributed by atoms with Gasteiger partial charge in [0.15, 0.2) is 23.2 Å². The maximum absolute atomic E-state index is 12.4. The fourth-order valence-electron chi connectivity index (χ4n) is 3.39. The molecule has 0 saturated heterocycles. The number of nitrogens with one attached hydrogen (secondary N) is 3. The number of rotatable bonds is 8. The van der Waals surface area contributed by atoms with Gasteiger partial charge in [-0.1, -0.05) is 23.8 Å². The van der Waals surface area contributed by atoms with E-state index in [-0.39, 0.29) is 12.5 Å². The lowest BCUT2D eigenvalue weighted by atomic mass is 9.95. The molecule has 0 radical (unpaired) electrons. The van der Waals surface area contributed by atoms with Crippen molar-refractivity contribution >= 4 is 34.9 Å². The van der Waals surface area contributed by atoms with Crippen molar-refractivity contribution in [3.8, 4) is 11.5 Å². The summed E-state index contributed by atoms with van der Waals surface area (Å²) in [5.41, 5.74) is 3.56. The highest BCUT2D eigenvalue weighted by Crippen LogP contribution is 2.34. The minimum atomic E-state index is -0.524. The first kappa shape index (κ1) is 24.1. The summed E-state index contributed by atoms with van der Waals surface area (Å²) in [6.45, 7) is 5.80.